The number of hydrogen-bond donors (Lipinski definition) is 1. The normalized spacial score (nSPS) is 5.71. The molecule has 7 heteroatoms. The van der Waals surface area contributed by atoms with E-state index in [0.717, 1.165) is 0 Å². The molecule has 14 heavy (non-hydrogen) atoms. The van der Waals surface area contributed by atoms with Crippen LogP contribution < -0.4 is 0 Å². The molecule has 0 atom stereocenters. The number of carboxylic acids is 1. The van der Waals surface area contributed by atoms with Crippen LogP contribution in [0.5, 0.6) is 0 Å². The summed E-state index contributed by atoms with van der Waals surface area (Å²) in [6, 6.07) is 8.30. The number of aromatic carboxylic acids is 1. The second-order valence-electron chi connectivity index (χ2n) is 1.67. The van der Waals surface area contributed by atoms with E-state index in [1.54, 1.807) is 30.3 Å². The molecule has 0 aromatic heterocycles. The minimum absolute atomic E-state index is 0. The molecule has 9 N–H and O–H groups in total. The van der Waals surface area contributed by atoms with Crippen LogP contribution in [0.3, 0.4) is 0 Å². The van der Waals surface area contributed by atoms with Gasteiger partial charge in [-0.25, -0.2) is 4.79 Å². The van der Waals surface area contributed by atoms with Crippen LogP contribution in [-0.2, 0) is 16.8 Å². The molecule has 0 unspecified atom stereocenters. The summed E-state index contributed by atoms with van der Waals surface area (Å²) in [4.78, 5) is 10.2. The first-order valence-electron chi connectivity index (χ1n) is 2.59. The van der Waals surface area contributed by atoms with Gasteiger partial charge in [0.15, 0.2) is 0 Å². The van der Waals surface area contributed by atoms with Gasteiger partial charge in [0.25, 0.3) is 0 Å². The predicted octanol–water partition coefficient (Wildman–Crippen LogP) is -1.92. The van der Waals surface area contributed by atoms with Crippen molar-refractivity contribution in [2.45, 2.75) is 0 Å². The van der Waals surface area contributed by atoms with Crippen molar-refractivity contribution in [3.8, 4) is 0 Å². The van der Waals surface area contributed by atoms with Crippen LogP contribution in [0.1, 0.15) is 10.4 Å². The molecule has 0 saturated heterocycles. The number of carbonyl (C=O) groups is 1. The Hall–Kier alpha value is -0.964. The summed E-state index contributed by atoms with van der Waals surface area (Å²) in [7, 11) is 0. The van der Waals surface area contributed by atoms with E-state index >= 15 is 0 Å². The van der Waals surface area contributed by atoms with Crippen molar-refractivity contribution in [2.24, 2.45) is 0 Å². The Bertz CT molecular complexity index is 215. The van der Waals surface area contributed by atoms with E-state index in [0.29, 0.717) is 5.56 Å². The van der Waals surface area contributed by atoms with Crippen molar-refractivity contribution < 1.29 is 48.6 Å². The monoisotopic (exact) mass is 253 g/mol. The topological polar surface area (TPSA) is 163 Å². The van der Waals surface area contributed by atoms with Crippen LogP contribution in [0, 0.1) is 0 Å². The van der Waals surface area contributed by atoms with Gasteiger partial charge >= 0.3 is 5.97 Å². The minimum Gasteiger partial charge on any atom is -0.478 e. The Balaban J connectivity index is -0.0000000540. The van der Waals surface area contributed by atoms with Crippen LogP contribution in [-0.4, -0.2) is 33.0 Å². The van der Waals surface area contributed by atoms with Gasteiger partial charge in [-0.15, -0.1) is 0 Å². The molecule has 1 rings (SSSR count). The van der Waals surface area contributed by atoms with E-state index in [2.05, 4.69) is 0 Å². The van der Waals surface area contributed by atoms with Gasteiger partial charge in [0.2, 0.25) is 0 Å². The van der Waals surface area contributed by atoms with Crippen LogP contribution in [0.4, 0.5) is 0 Å². The van der Waals surface area contributed by atoms with Gasteiger partial charge in [-0.05, 0) is 12.1 Å². The molecule has 0 aliphatic rings. The van der Waals surface area contributed by atoms with Crippen molar-refractivity contribution in [1.29, 1.82) is 0 Å². The number of hydrogen-bond acceptors (Lipinski definition) is 1. The van der Waals surface area contributed by atoms with Crippen LogP contribution in [0.25, 0.3) is 0 Å². The van der Waals surface area contributed by atoms with Gasteiger partial charge in [0.05, 0.1) is 5.56 Å². The Labute approximate surface area is 91.0 Å². The molecule has 0 aliphatic carbocycles. The van der Waals surface area contributed by atoms with Gasteiger partial charge in [-0.2, -0.15) is 0 Å². The average Bonchev–Trinajstić information content (AvgIpc) is 1.90. The molecule has 0 amide bonds. The average molecular weight is 253 g/mol. The third-order valence-corrected chi connectivity index (χ3v) is 1.02. The van der Waals surface area contributed by atoms with Crippen molar-refractivity contribution in [3.63, 3.8) is 0 Å². The molecule has 1 aromatic carbocycles. The quantitative estimate of drug-likeness (QED) is 0.617. The van der Waals surface area contributed by atoms with Gasteiger partial charge in [-0.1, -0.05) is 18.2 Å². The summed E-state index contributed by atoms with van der Waals surface area (Å²) < 4.78 is 0. The second-order valence-corrected chi connectivity index (χ2v) is 1.67. The third kappa shape index (κ3) is 9.13. The van der Waals surface area contributed by atoms with Crippen molar-refractivity contribution in [1.82, 2.24) is 0 Å². The molecule has 0 saturated carbocycles. The smallest absolute Gasteiger partial charge is 0.335 e. The molecule has 1 aromatic rings. The van der Waals surface area contributed by atoms with Crippen molar-refractivity contribution in [2.75, 3.05) is 0 Å². The first-order chi connectivity index (χ1) is 4.30. The molecule has 1 radical (unpaired) electrons. The van der Waals surface area contributed by atoms with Crippen molar-refractivity contribution in [3.05, 3.63) is 35.9 Å². The molecule has 0 bridgehead atoms. The number of rotatable bonds is 1. The first kappa shape index (κ1) is 29.2. The Morgan fingerprint density at radius 3 is 1.50 bits per heavy atom. The van der Waals surface area contributed by atoms with Crippen molar-refractivity contribution >= 4 is 5.97 Å². The van der Waals surface area contributed by atoms with E-state index in [4.69, 9.17) is 5.11 Å². The van der Waals surface area contributed by atoms with Gasteiger partial charge < -0.3 is 27.0 Å². The largest absolute Gasteiger partial charge is 0.478 e. The Morgan fingerprint density at radius 2 is 1.29 bits per heavy atom. The molecule has 0 aliphatic heterocycles. The summed E-state index contributed by atoms with van der Waals surface area (Å²) in [6.07, 6.45) is 0. The van der Waals surface area contributed by atoms with E-state index in [-0.39, 0.29) is 38.7 Å². The molecule has 87 valence electrons. The van der Waals surface area contributed by atoms with Crippen LogP contribution in [0.2, 0.25) is 0 Å². The third-order valence-electron chi connectivity index (χ3n) is 1.02. The maximum Gasteiger partial charge on any atom is 0.335 e. The Morgan fingerprint density at radius 1 is 0.929 bits per heavy atom. The molecule has 6 nitrogen and oxygen atoms in total. The van der Waals surface area contributed by atoms with E-state index < -0.39 is 5.97 Å². The zero-order valence-electron chi connectivity index (χ0n) is 7.08. The fraction of sp³-hybridized carbons (Fsp3) is 0. The molecule has 0 heterocycles. The maximum absolute atomic E-state index is 10.2. The Kier molecular flexibility index (Phi) is 30.4. The number of benzene rings is 1. The van der Waals surface area contributed by atoms with Crippen LogP contribution in [0.15, 0.2) is 30.3 Å². The summed E-state index contributed by atoms with van der Waals surface area (Å²) >= 11 is 0. The maximum atomic E-state index is 10.2. The second kappa shape index (κ2) is 14.6. The summed E-state index contributed by atoms with van der Waals surface area (Å²) in [5.41, 5.74) is 0.331. The standard InChI is InChI=1S/C7H6O2.Co.4H2O/c8-7(9)6-4-2-1-3-5-6;;;;;/h1-5H,(H,8,9);;4*1H2. The zero-order valence-corrected chi connectivity index (χ0v) is 8.12. The molecule has 0 spiro atoms. The van der Waals surface area contributed by atoms with E-state index in [9.17, 15) is 4.79 Å². The zero-order chi connectivity index (χ0) is 6.69. The first-order valence-corrected chi connectivity index (χ1v) is 2.59. The SMILES string of the molecule is O.O.O.O.O=C(O)c1ccccc1.[Co]. The van der Waals surface area contributed by atoms with E-state index in [1.807, 2.05) is 0 Å². The summed E-state index contributed by atoms with van der Waals surface area (Å²) in [5, 5.41) is 8.38. The fourth-order valence-corrected chi connectivity index (χ4v) is 0.581. The van der Waals surface area contributed by atoms with E-state index in [1.165, 1.54) is 0 Å². The minimum atomic E-state index is -0.879. The fourth-order valence-electron chi connectivity index (χ4n) is 0.581. The summed E-state index contributed by atoms with van der Waals surface area (Å²) in [5.74, 6) is -0.879. The predicted molar refractivity (Wildman–Crippen MR) is 47.9 cm³/mol. The van der Waals surface area contributed by atoms with Gasteiger partial charge in [0.1, 0.15) is 0 Å². The molecular formula is C7H14CoO6. The molecular weight excluding hydrogens is 239 g/mol. The number of carboxylic acid groups (broad SMARTS) is 1. The van der Waals surface area contributed by atoms with Gasteiger partial charge in [0, 0.05) is 16.8 Å². The van der Waals surface area contributed by atoms with Crippen LogP contribution >= 0.6 is 0 Å². The summed E-state index contributed by atoms with van der Waals surface area (Å²) in [6.45, 7) is 0. The van der Waals surface area contributed by atoms with Gasteiger partial charge in [-0.3, -0.25) is 0 Å². The molecule has 0 fully saturated rings.